The van der Waals surface area contributed by atoms with Crippen molar-refractivity contribution in [1.29, 1.82) is 0 Å². The van der Waals surface area contributed by atoms with Gasteiger partial charge in [0.2, 0.25) is 0 Å². The number of methoxy groups -OCH3 is 1. The van der Waals surface area contributed by atoms with Crippen LogP contribution >= 0.6 is 11.6 Å². The number of halogens is 2. The van der Waals surface area contributed by atoms with Crippen molar-refractivity contribution >= 4 is 17.6 Å². The Kier molecular flexibility index (Phi) is 5.11. The van der Waals surface area contributed by atoms with Gasteiger partial charge in [-0.25, -0.2) is 4.39 Å². The third-order valence-corrected chi connectivity index (χ3v) is 5.43. The molecule has 2 heterocycles. The van der Waals surface area contributed by atoms with Crippen molar-refractivity contribution in [3.8, 4) is 0 Å². The lowest BCUT2D eigenvalue weighted by Gasteiger charge is -2.25. The Hall–Kier alpha value is -1.21. The summed E-state index contributed by atoms with van der Waals surface area (Å²) in [4.78, 5) is 16.2. The van der Waals surface area contributed by atoms with Crippen molar-refractivity contribution in [3.05, 3.63) is 34.6 Å². The van der Waals surface area contributed by atoms with E-state index in [2.05, 4.69) is 4.90 Å². The maximum Gasteiger partial charge on any atom is 0.312 e. The summed E-state index contributed by atoms with van der Waals surface area (Å²) in [6.07, 6.45) is 0. The van der Waals surface area contributed by atoms with Crippen LogP contribution in [0.25, 0.3) is 0 Å². The van der Waals surface area contributed by atoms with Gasteiger partial charge in [-0.3, -0.25) is 14.6 Å². The summed E-state index contributed by atoms with van der Waals surface area (Å²) < 4.78 is 19.1. The van der Waals surface area contributed by atoms with Gasteiger partial charge in [0.05, 0.1) is 12.0 Å². The largest absolute Gasteiger partial charge is 0.481 e. The number of aliphatic carboxylic acids is 1. The molecule has 24 heavy (non-hydrogen) atoms. The van der Waals surface area contributed by atoms with E-state index in [0.717, 1.165) is 13.1 Å². The van der Waals surface area contributed by atoms with Gasteiger partial charge in [0.25, 0.3) is 0 Å². The zero-order valence-electron chi connectivity index (χ0n) is 13.7. The summed E-state index contributed by atoms with van der Waals surface area (Å²) in [5.74, 6) is -1.04. The van der Waals surface area contributed by atoms with Crippen molar-refractivity contribution in [3.63, 3.8) is 0 Å². The summed E-state index contributed by atoms with van der Waals surface area (Å²) in [5, 5.41) is 10.2. The molecule has 0 saturated carbocycles. The van der Waals surface area contributed by atoms with E-state index in [1.165, 1.54) is 6.07 Å². The SMILES string of the molecule is COCCN1C[C@H]2CN(Cc3ccc(Cl)cc3F)C[C@@]2(C(=O)O)C1. The number of likely N-dealkylation sites (tertiary alicyclic amines) is 2. The smallest absolute Gasteiger partial charge is 0.312 e. The van der Waals surface area contributed by atoms with Gasteiger partial charge in [-0.05, 0) is 12.1 Å². The zero-order valence-corrected chi connectivity index (χ0v) is 14.4. The molecule has 0 unspecified atom stereocenters. The molecule has 3 rings (SSSR count). The van der Waals surface area contributed by atoms with Gasteiger partial charge in [0, 0.05) is 62.9 Å². The third-order valence-electron chi connectivity index (χ3n) is 5.20. The van der Waals surface area contributed by atoms with Crippen LogP contribution in [-0.4, -0.2) is 67.3 Å². The van der Waals surface area contributed by atoms with Gasteiger partial charge in [-0.1, -0.05) is 17.7 Å². The lowest BCUT2D eigenvalue weighted by molar-refractivity contribution is -0.149. The lowest BCUT2D eigenvalue weighted by atomic mass is 9.81. The first-order valence-corrected chi connectivity index (χ1v) is 8.43. The molecule has 0 amide bonds. The number of ether oxygens (including phenoxy) is 1. The van der Waals surface area contributed by atoms with Crippen molar-refractivity contribution in [2.24, 2.45) is 11.3 Å². The minimum absolute atomic E-state index is 0.0576. The van der Waals surface area contributed by atoms with Crippen LogP contribution in [0, 0.1) is 17.2 Å². The molecule has 0 aromatic heterocycles. The Morgan fingerprint density at radius 1 is 1.42 bits per heavy atom. The van der Waals surface area contributed by atoms with Gasteiger partial charge in [-0.15, -0.1) is 0 Å². The standard InChI is InChI=1S/C17H22ClFN2O3/c1-24-5-4-20-8-13-9-21(11-17(13,10-20)16(22)23)7-12-2-3-14(18)6-15(12)19/h2-3,6,13H,4-5,7-11H2,1H3,(H,22,23)/t13-,17-/m0/s1. The molecular formula is C17H22ClFN2O3. The fourth-order valence-corrected chi connectivity index (χ4v) is 4.14. The van der Waals surface area contributed by atoms with E-state index < -0.39 is 11.4 Å². The molecule has 1 aromatic carbocycles. The molecule has 132 valence electrons. The van der Waals surface area contributed by atoms with Crippen molar-refractivity contribution < 1.29 is 19.0 Å². The second-order valence-electron chi connectivity index (χ2n) is 6.79. The highest BCUT2D eigenvalue weighted by Gasteiger charge is 2.57. The minimum Gasteiger partial charge on any atom is -0.481 e. The van der Waals surface area contributed by atoms with E-state index >= 15 is 0 Å². The van der Waals surface area contributed by atoms with Crippen LogP contribution in [-0.2, 0) is 16.1 Å². The molecule has 2 atom stereocenters. The second-order valence-corrected chi connectivity index (χ2v) is 7.23. The van der Waals surface area contributed by atoms with E-state index in [1.54, 1.807) is 19.2 Å². The molecule has 2 aliphatic heterocycles. The maximum absolute atomic E-state index is 14.0. The van der Waals surface area contributed by atoms with E-state index in [0.29, 0.717) is 43.4 Å². The Morgan fingerprint density at radius 2 is 2.12 bits per heavy atom. The Morgan fingerprint density at radius 3 is 2.75 bits per heavy atom. The Labute approximate surface area is 145 Å². The van der Waals surface area contributed by atoms with Gasteiger partial charge in [0.15, 0.2) is 0 Å². The van der Waals surface area contributed by atoms with Crippen LogP contribution in [0.15, 0.2) is 18.2 Å². The number of rotatable bonds is 6. The summed E-state index contributed by atoms with van der Waals surface area (Å²) in [6.45, 7) is 4.13. The molecule has 7 heteroatoms. The van der Waals surface area contributed by atoms with E-state index in [4.69, 9.17) is 16.3 Å². The second kappa shape index (κ2) is 6.96. The normalized spacial score (nSPS) is 27.5. The highest BCUT2D eigenvalue weighted by atomic mass is 35.5. The van der Waals surface area contributed by atoms with Crippen molar-refractivity contribution in [2.75, 3.05) is 46.4 Å². The molecule has 1 aromatic rings. The molecule has 0 bridgehead atoms. The van der Waals surface area contributed by atoms with E-state index in [9.17, 15) is 14.3 Å². The molecular weight excluding hydrogens is 335 g/mol. The molecule has 5 nitrogen and oxygen atoms in total. The quantitative estimate of drug-likeness (QED) is 0.844. The van der Waals surface area contributed by atoms with Gasteiger partial charge in [-0.2, -0.15) is 0 Å². The number of carboxylic acids is 1. The first kappa shape index (κ1) is 17.6. The van der Waals surface area contributed by atoms with E-state index in [1.807, 2.05) is 4.90 Å². The van der Waals surface area contributed by atoms with Crippen LogP contribution in [0.4, 0.5) is 4.39 Å². The Balaban J connectivity index is 1.70. The summed E-state index contributed by atoms with van der Waals surface area (Å²) in [5.41, 5.74) is -0.215. The zero-order chi connectivity index (χ0) is 17.3. The van der Waals surface area contributed by atoms with Crippen LogP contribution < -0.4 is 0 Å². The first-order valence-electron chi connectivity index (χ1n) is 8.05. The molecule has 0 spiro atoms. The fraction of sp³-hybridized carbons (Fsp3) is 0.588. The number of nitrogens with zero attached hydrogens (tertiary/aromatic N) is 2. The monoisotopic (exact) mass is 356 g/mol. The lowest BCUT2D eigenvalue weighted by Crippen LogP contribution is -2.41. The summed E-state index contributed by atoms with van der Waals surface area (Å²) in [7, 11) is 1.65. The summed E-state index contributed by atoms with van der Waals surface area (Å²) in [6, 6.07) is 4.63. The van der Waals surface area contributed by atoms with Crippen LogP contribution in [0.5, 0.6) is 0 Å². The van der Waals surface area contributed by atoms with Crippen LogP contribution in [0.3, 0.4) is 0 Å². The highest BCUT2D eigenvalue weighted by Crippen LogP contribution is 2.43. The van der Waals surface area contributed by atoms with Crippen molar-refractivity contribution in [2.45, 2.75) is 6.54 Å². The minimum atomic E-state index is -0.767. The molecule has 0 radical (unpaired) electrons. The predicted molar refractivity (Wildman–Crippen MR) is 88.6 cm³/mol. The van der Waals surface area contributed by atoms with Gasteiger partial charge < -0.3 is 9.84 Å². The number of carbonyl (C=O) groups is 1. The van der Waals surface area contributed by atoms with Gasteiger partial charge in [0.1, 0.15) is 5.82 Å². The van der Waals surface area contributed by atoms with E-state index in [-0.39, 0.29) is 11.7 Å². The summed E-state index contributed by atoms with van der Waals surface area (Å²) >= 11 is 5.79. The molecule has 2 fully saturated rings. The number of benzene rings is 1. The van der Waals surface area contributed by atoms with Crippen LogP contribution in [0.2, 0.25) is 5.02 Å². The Bertz CT molecular complexity index is 630. The number of hydrogen-bond acceptors (Lipinski definition) is 4. The molecule has 1 N–H and O–H groups in total. The fourth-order valence-electron chi connectivity index (χ4n) is 3.98. The van der Waals surface area contributed by atoms with Gasteiger partial charge >= 0.3 is 5.97 Å². The third kappa shape index (κ3) is 3.28. The molecule has 2 saturated heterocycles. The average Bonchev–Trinajstić information content (AvgIpc) is 3.02. The van der Waals surface area contributed by atoms with Crippen molar-refractivity contribution in [1.82, 2.24) is 9.80 Å². The molecule has 0 aliphatic carbocycles. The predicted octanol–water partition coefficient (Wildman–Crippen LogP) is 1.94. The number of fused-ring (bicyclic) bond motifs is 1. The highest BCUT2D eigenvalue weighted by molar-refractivity contribution is 6.30. The van der Waals surface area contributed by atoms with Crippen LogP contribution in [0.1, 0.15) is 5.56 Å². The molecule has 2 aliphatic rings. The number of hydrogen-bond donors (Lipinski definition) is 1. The topological polar surface area (TPSA) is 53.0 Å². The maximum atomic E-state index is 14.0. The number of carboxylic acid groups (broad SMARTS) is 1. The first-order chi connectivity index (χ1) is 11.4. The average molecular weight is 357 g/mol.